The predicted octanol–water partition coefficient (Wildman–Crippen LogP) is 3.12. The number of aliphatic hydroxyl groups is 1. The Bertz CT molecular complexity index is 1380. The van der Waals surface area contributed by atoms with E-state index >= 15 is 0 Å². The first-order valence-electron chi connectivity index (χ1n) is 11.9. The van der Waals surface area contributed by atoms with Crippen LogP contribution >= 0.6 is 0 Å². The molecule has 0 aliphatic carbocycles. The number of benzene rings is 2. The third kappa shape index (κ3) is 5.98. The van der Waals surface area contributed by atoms with Crippen molar-refractivity contribution in [1.29, 1.82) is 0 Å². The lowest BCUT2D eigenvalue weighted by molar-refractivity contribution is -0.137. The Labute approximate surface area is 218 Å². The number of β-amino-alcohol motifs (C(OH)–C–C–N with tert-alkyl or cyclic N) is 1. The molecule has 0 radical (unpaired) electrons. The Balaban J connectivity index is 1.57. The van der Waals surface area contributed by atoms with Gasteiger partial charge in [0, 0.05) is 55.4 Å². The molecule has 1 fully saturated rings. The number of nitrogens with one attached hydrogen (secondary N) is 1. The Hall–Kier alpha value is -3.87. The van der Waals surface area contributed by atoms with Crippen molar-refractivity contribution in [1.82, 2.24) is 14.7 Å². The first-order valence-corrected chi connectivity index (χ1v) is 11.9. The van der Waals surface area contributed by atoms with Gasteiger partial charge in [0.25, 0.3) is 5.91 Å². The normalized spacial score (nSPS) is 14.9. The summed E-state index contributed by atoms with van der Waals surface area (Å²) in [5, 5.41) is 17.5. The molecule has 12 heteroatoms. The van der Waals surface area contributed by atoms with Crippen LogP contribution in [-0.2, 0) is 19.8 Å². The number of halogens is 3. The van der Waals surface area contributed by atoms with E-state index in [0.717, 1.165) is 23.4 Å². The van der Waals surface area contributed by atoms with Crippen LogP contribution in [0.1, 0.15) is 38.3 Å². The van der Waals surface area contributed by atoms with Crippen molar-refractivity contribution in [3.8, 4) is 0 Å². The number of aliphatic hydroxyl groups excluding tert-OH is 1. The fraction of sp³-hybridized carbons (Fsp3) is 0.308. The maximum absolute atomic E-state index is 13.5. The van der Waals surface area contributed by atoms with Crippen LogP contribution in [0.3, 0.4) is 0 Å². The smallest absolute Gasteiger partial charge is 0.397 e. The fourth-order valence-corrected chi connectivity index (χ4v) is 4.25. The molecule has 9 nitrogen and oxygen atoms in total. The molecule has 0 spiro atoms. The van der Waals surface area contributed by atoms with Gasteiger partial charge >= 0.3 is 6.18 Å². The second-order valence-electron chi connectivity index (χ2n) is 9.48. The maximum Gasteiger partial charge on any atom is 0.416 e. The van der Waals surface area contributed by atoms with E-state index in [-0.39, 0.29) is 17.8 Å². The number of nitrogens with two attached hydrogens (primary N) is 2. The van der Waals surface area contributed by atoms with E-state index in [1.54, 1.807) is 36.1 Å². The second kappa shape index (κ2) is 10.5. The molecule has 38 heavy (non-hydrogen) atoms. The van der Waals surface area contributed by atoms with Crippen LogP contribution in [0.2, 0.25) is 0 Å². The topological polar surface area (TPSA) is 126 Å². The van der Waals surface area contributed by atoms with Crippen LogP contribution in [0.25, 0.3) is 5.70 Å². The average molecular weight is 530 g/mol. The van der Waals surface area contributed by atoms with Crippen LogP contribution in [0.5, 0.6) is 0 Å². The van der Waals surface area contributed by atoms with Crippen molar-refractivity contribution in [3.63, 3.8) is 0 Å². The monoisotopic (exact) mass is 529 g/mol. The molecule has 1 aliphatic rings. The summed E-state index contributed by atoms with van der Waals surface area (Å²) in [6.07, 6.45) is -1.92. The van der Waals surface area contributed by atoms with E-state index in [0.29, 0.717) is 35.6 Å². The van der Waals surface area contributed by atoms with Crippen LogP contribution in [0, 0.1) is 13.8 Å². The number of alkyl halides is 3. The molecule has 1 amide bonds. The highest BCUT2D eigenvalue weighted by atomic mass is 19.4. The molecule has 202 valence electrons. The number of carbonyl (C=O) groups excluding carboxylic acids is 1. The number of aryl methyl sites for hydroxylation is 2. The summed E-state index contributed by atoms with van der Waals surface area (Å²) in [4.78, 5) is 14.9. The molecule has 3 aromatic rings. The lowest BCUT2D eigenvalue weighted by Crippen LogP contribution is -2.49. The SMILES string of the molecule is Cc1ccc(C(=O)Nc2cc(CN3CC(O)C3)cc(C(F)(F)F)c2)cc1N(N)/C=C(\N)c1cnn(C)c1C. The van der Waals surface area contributed by atoms with Gasteiger partial charge in [0.2, 0.25) is 0 Å². The number of amides is 1. The summed E-state index contributed by atoms with van der Waals surface area (Å²) in [5.41, 5.74) is 9.13. The van der Waals surface area contributed by atoms with E-state index < -0.39 is 23.8 Å². The van der Waals surface area contributed by atoms with E-state index in [4.69, 9.17) is 11.6 Å². The summed E-state index contributed by atoms with van der Waals surface area (Å²) in [6, 6.07) is 8.25. The van der Waals surface area contributed by atoms with Crippen molar-refractivity contribution in [2.45, 2.75) is 32.7 Å². The summed E-state index contributed by atoms with van der Waals surface area (Å²) in [7, 11) is 1.79. The van der Waals surface area contributed by atoms with Gasteiger partial charge in [-0.05, 0) is 55.3 Å². The number of hydrogen-bond donors (Lipinski definition) is 4. The Morgan fingerprint density at radius 1 is 1.24 bits per heavy atom. The molecule has 0 atom stereocenters. The second-order valence-corrected chi connectivity index (χ2v) is 9.48. The molecule has 0 saturated carbocycles. The van der Waals surface area contributed by atoms with E-state index in [1.165, 1.54) is 17.3 Å². The fourth-order valence-electron chi connectivity index (χ4n) is 4.25. The Morgan fingerprint density at radius 3 is 2.55 bits per heavy atom. The molecule has 0 bridgehead atoms. The number of aromatic nitrogens is 2. The third-order valence-electron chi connectivity index (χ3n) is 6.50. The van der Waals surface area contributed by atoms with Crippen molar-refractivity contribution in [2.24, 2.45) is 18.6 Å². The van der Waals surface area contributed by atoms with Gasteiger partial charge < -0.3 is 16.2 Å². The third-order valence-corrected chi connectivity index (χ3v) is 6.50. The minimum atomic E-state index is -4.58. The molecular formula is C26H30F3N7O2. The average Bonchev–Trinajstić information content (AvgIpc) is 3.15. The first-order chi connectivity index (χ1) is 17.8. The largest absolute Gasteiger partial charge is 0.416 e. The minimum absolute atomic E-state index is 0.0174. The number of hydrogen-bond acceptors (Lipinski definition) is 7. The molecule has 6 N–H and O–H groups in total. The predicted molar refractivity (Wildman–Crippen MR) is 139 cm³/mol. The molecule has 1 aliphatic heterocycles. The number of nitrogens with zero attached hydrogens (tertiary/aromatic N) is 4. The first kappa shape index (κ1) is 27.2. The lowest BCUT2D eigenvalue weighted by atomic mass is 10.0. The Morgan fingerprint density at radius 2 is 1.95 bits per heavy atom. The number of likely N-dealkylation sites (tertiary alicyclic amines) is 1. The van der Waals surface area contributed by atoms with Crippen LogP contribution < -0.4 is 21.9 Å². The van der Waals surface area contributed by atoms with Gasteiger partial charge in [0.1, 0.15) is 0 Å². The zero-order chi connectivity index (χ0) is 27.8. The summed E-state index contributed by atoms with van der Waals surface area (Å²) in [6.45, 7) is 4.68. The highest BCUT2D eigenvalue weighted by Crippen LogP contribution is 2.33. The van der Waals surface area contributed by atoms with Crippen LogP contribution in [0.15, 0.2) is 48.8 Å². The van der Waals surface area contributed by atoms with Crippen molar-refractivity contribution < 1.29 is 23.1 Å². The standard InChI is InChI=1S/C26H30F3N7O2/c1-15-4-5-18(8-24(15)36(31)14-23(30)22-10-32-34(3)16(22)2)25(38)33-20-7-17(11-35-12-21(37)13-35)6-19(9-20)26(27,28)29/h4-10,14,21,37H,11-13,30-31H2,1-3H3,(H,33,38)/b23-14-. The van der Waals surface area contributed by atoms with Crippen molar-refractivity contribution >= 4 is 23.0 Å². The molecular weight excluding hydrogens is 499 g/mol. The Kier molecular flexibility index (Phi) is 7.49. The molecule has 0 unspecified atom stereocenters. The van der Waals surface area contributed by atoms with Gasteiger partial charge in [-0.1, -0.05) is 6.07 Å². The van der Waals surface area contributed by atoms with Gasteiger partial charge in [-0.2, -0.15) is 18.3 Å². The molecule has 4 rings (SSSR count). The highest BCUT2D eigenvalue weighted by molar-refractivity contribution is 6.05. The lowest BCUT2D eigenvalue weighted by Gasteiger charge is -2.36. The van der Waals surface area contributed by atoms with Gasteiger partial charge in [-0.15, -0.1) is 0 Å². The zero-order valence-electron chi connectivity index (χ0n) is 21.3. The van der Waals surface area contributed by atoms with Crippen LogP contribution in [-0.4, -0.2) is 44.9 Å². The van der Waals surface area contributed by atoms with Gasteiger partial charge in [-0.25, -0.2) is 5.84 Å². The maximum atomic E-state index is 13.5. The van der Waals surface area contributed by atoms with Crippen molar-refractivity contribution in [3.05, 3.63) is 82.3 Å². The van der Waals surface area contributed by atoms with Gasteiger partial charge in [-0.3, -0.25) is 19.4 Å². The molecule has 2 aromatic carbocycles. The summed E-state index contributed by atoms with van der Waals surface area (Å²) >= 11 is 0. The summed E-state index contributed by atoms with van der Waals surface area (Å²) in [5.74, 6) is 5.65. The molecule has 2 heterocycles. The summed E-state index contributed by atoms with van der Waals surface area (Å²) < 4.78 is 42.3. The number of rotatable bonds is 7. The molecule has 1 saturated heterocycles. The highest BCUT2D eigenvalue weighted by Gasteiger charge is 2.32. The van der Waals surface area contributed by atoms with Crippen LogP contribution in [0.4, 0.5) is 24.5 Å². The van der Waals surface area contributed by atoms with Crippen molar-refractivity contribution in [2.75, 3.05) is 23.4 Å². The van der Waals surface area contributed by atoms with Gasteiger partial charge in [0.05, 0.1) is 29.2 Å². The number of carbonyl (C=O) groups is 1. The van der Waals surface area contributed by atoms with E-state index in [9.17, 15) is 23.1 Å². The number of anilines is 2. The number of hydrazine groups is 1. The minimum Gasteiger partial charge on any atom is -0.397 e. The van der Waals surface area contributed by atoms with E-state index in [1.807, 2.05) is 18.7 Å². The quantitative estimate of drug-likeness (QED) is 0.274. The zero-order valence-corrected chi connectivity index (χ0v) is 21.3. The van der Waals surface area contributed by atoms with E-state index in [2.05, 4.69) is 10.4 Å². The van der Waals surface area contributed by atoms with Gasteiger partial charge in [0.15, 0.2) is 0 Å². The molecule has 1 aromatic heterocycles.